The Morgan fingerprint density at radius 2 is 1.85 bits per heavy atom. The van der Waals surface area contributed by atoms with Crippen molar-refractivity contribution in [3.8, 4) is 0 Å². The Balaban J connectivity index is 2.75. The molecule has 0 unspecified atom stereocenters. The van der Waals surface area contributed by atoms with Gasteiger partial charge in [0.2, 0.25) is 0 Å². The highest BCUT2D eigenvalue weighted by Gasteiger charge is 2.32. The lowest BCUT2D eigenvalue weighted by atomic mass is 10.3. The first-order valence-corrected chi connectivity index (χ1v) is 6.69. The van der Waals surface area contributed by atoms with Gasteiger partial charge in [0.1, 0.15) is 13.1 Å². The van der Waals surface area contributed by atoms with E-state index in [9.17, 15) is 14.4 Å². The first kappa shape index (κ1) is 16.3. The van der Waals surface area contributed by atoms with Crippen LogP contribution in [0, 0.1) is 5.92 Å². The van der Waals surface area contributed by atoms with Crippen LogP contribution in [0.15, 0.2) is 0 Å². The van der Waals surface area contributed by atoms with E-state index in [0.29, 0.717) is 12.5 Å². The lowest BCUT2D eigenvalue weighted by molar-refractivity contribution is -0.141. The topological polar surface area (TPSA) is 87.2 Å². The Kier molecular flexibility index (Phi) is 5.79. The van der Waals surface area contributed by atoms with E-state index in [1.54, 1.807) is 13.8 Å². The smallest absolute Gasteiger partial charge is 0.325 e. The second-order valence-corrected chi connectivity index (χ2v) is 5.30. The molecular formula is C13H22N2O5. The van der Waals surface area contributed by atoms with E-state index in [2.05, 4.69) is 4.74 Å². The molecule has 7 nitrogen and oxygen atoms in total. The van der Waals surface area contributed by atoms with Gasteiger partial charge in [-0.25, -0.2) is 4.79 Å². The van der Waals surface area contributed by atoms with E-state index >= 15 is 0 Å². The van der Waals surface area contributed by atoms with Crippen LogP contribution in [0.25, 0.3) is 0 Å². The number of ether oxygens (including phenoxy) is 1. The highest BCUT2D eigenvalue weighted by atomic mass is 16.5. The first-order chi connectivity index (χ1) is 9.35. The Morgan fingerprint density at radius 1 is 1.25 bits per heavy atom. The Hall–Kier alpha value is -1.79. The lowest BCUT2D eigenvalue weighted by Crippen LogP contribution is -2.50. The summed E-state index contributed by atoms with van der Waals surface area (Å²) in [6, 6.07) is -0.642. The number of rotatable bonds is 7. The monoisotopic (exact) mass is 286 g/mol. The molecule has 1 aliphatic rings. The van der Waals surface area contributed by atoms with Crippen molar-refractivity contribution in [2.24, 2.45) is 5.92 Å². The number of carbonyl (C=O) groups excluding carboxylic acids is 2. The minimum atomic E-state index is -1.05. The van der Waals surface area contributed by atoms with E-state index < -0.39 is 18.0 Å². The maximum Gasteiger partial charge on any atom is 0.325 e. The number of hydrogen-bond donors (Lipinski definition) is 1. The molecule has 0 heterocycles. The van der Waals surface area contributed by atoms with E-state index in [-0.39, 0.29) is 19.1 Å². The molecule has 0 aromatic carbocycles. The molecular weight excluding hydrogens is 264 g/mol. The molecule has 0 radical (unpaired) electrons. The fraction of sp³-hybridized carbons (Fsp3) is 0.769. The molecule has 1 rings (SSSR count). The summed E-state index contributed by atoms with van der Waals surface area (Å²) in [5.41, 5.74) is 0. The first-order valence-electron chi connectivity index (χ1n) is 6.69. The zero-order valence-corrected chi connectivity index (χ0v) is 12.2. The fourth-order valence-corrected chi connectivity index (χ4v) is 1.84. The molecule has 0 aromatic rings. The number of carbonyl (C=O) groups is 3. The van der Waals surface area contributed by atoms with Gasteiger partial charge >= 0.3 is 18.0 Å². The molecule has 7 heteroatoms. The minimum absolute atomic E-state index is 0.173. The van der Waals surface area contributed by atoms with E-state index in [0.717, 1.165) is 12.8 Å². The molecule has 0 spiro atoms. The van der Waals surface area contributed by atoms with Gasteiger partial charge in [-0.15, -0.1) is 0 Å². The fourth-order valence-electron chi connectivity index (χ4n) is 1.84. The third-order valence-corrected chi connectivity index (χ3v) is 3.17. The summed E-state index contributed by atoms with van der Waals surface area (Å²) in [6.07, 6.45) is 2.03. The Morgan fingerprint density at radius 3 is 2.25 bits per heavy atom. The standard InChI is InChI=1S/C13H22N2O5/c1-9(2)15(8-12(18)20-3)13(19)14(7-11(16)17)6-10-4-5-10/h9-10H,4-8H2,1-3H3,(H,16,17). The van der Waals surface area contributed by atoms with Crippen molar-refractivity contribution in [2.45, 2.75) is 32.7 Å². The SMILES string of the molecule is COC(=O)CN(C(=O)N(CC(=O)O)CC1CC1)C(C)C. The van der Waals surface area contributed by atoms with Gasteiger partial charge in [-0.3, -0.25) is 9.59 Å². The normalized spacial score (nSPS) is 14.0. The third-order valence-electron chi connectivity index (χ3n) is 3.17. The highest BCUT2D eigenvalue weighted by molar-refractivity contribution is 5.84. The minimum Gasteiger partial charge on any atom is -0.480 e. The summed E-state index contributed by atoms with van der Waals surface area (Å²) in [5, 5.41) is 8.91. The maximum atomic E-state index is 12.4. The molecule has 114 valence electrons. The summed E-state index contributed by atoms with van der Waals surface area (Å²) in [4.78, 5) is 37.3. The quantitative estimate of drug-likeness (QED) is 0.699. The number of methoxy groups -OCH3 is 1. The number of urea groups is 1. The van der Waals surface area contributed by atoms with Crippen LogP contribution >= 0.6 is 0 Å². The predicted octanol–water partition coefficient (Wildman–Crippen LogP) is 0.786. The van der Waals surface area contributed by atoms with Crippen molar-refractivity contribution in [2.75, 3.05) is 26.7 Å². The van der Waals surface area contributed by atoms with Crippen LogP contribution in [0.1, 0.15) is 26.7 Å². The summed E-state index contributed by atoms with van der Waals surface area (Å²) in [5.74, 6) is -1.19. The van der Waals surface area contributed by atoms with Gasteiger partial charge in [0.25, 0.3) is 0 Å². The molecule has 2 amide bonds. The van der Waals surface area contributed by atoms with Gasteiger partial charge in [0.15, 0.2) is 0 Å². The van der Waals surface area contributed by atoms with Crippen LogP contribution in [0.4, 0.5) is 4.79 Å². The summed E-state index contributed by atoms with van der Waals surface area (Å²) in [7, 11) is 1.25. The molecule has 0 saturated heterocycles. The number of nitrogens with zero attached hydrogens (tertiary/aromatic N) is 2. The molecule has 1 N–H and O–H groups in total. The average Bonchev–Trinajstić information content (AvgIpc) is 3.17. The van der Waals surface area contributed by atoms with Crippen LogP contribution in [-0.4, -0.2) is 65.7 Å². The van der Waals surface area contributed by atoms with Gasteiger partial charge in [0.05, 0.1) is 7.11 Å². The molecule has 1 fully saturated rings. The van der Waals surface area contributed by atoms with Crippen LogP contribution in [0.3, 0.4) is 0 Å². The van der Waals surface area contributed by atoms with E-state index in [1.807, 2.05) is 0 Å². The number of carboxylic acids is 1. The maximum absolute atomic E-state index is 12.4. The molecule has 0 aromatic heterocycles. The largest absolute Gasteiger partial charge is 0.480 e. The Labute approximate surface area is 118 Å². The van der Waals surface area contributed by atoms with E-state index in [1.165, 1.54) is 16.9 Å². The van der Waals surface area contributed by atoms with E-state index in [4.69, 9.17) is 5.11 Å². The van der Waals surface area contributed by atoms with Crippen LogP contribution in [-0.2, 0) is 14.3 Å². The van der Waals surface area contributed by atoms with Crippen LogP contribution < -0.4 is 0 Å². The zero-order chi connectivity index (χ0) is 15.3. The van der Waals surface area contributed by atoms with Gasteiger partial charge in [0, 0.05) is 12.6 Å². The van der Waals surface area contributed by atoms with Gasteiger partial charge in [-0.2, -0.15) is 0 Å². The summed E-state index contributed by atoms with van der Waals surface area (Å²) in [6.45, 7) is 3.46. The van der Waals surface area contributed by atoms with Crippen LogP contribution in [0.5, 0.6) is 0 Å². The zero-order valence-electron chi connectivity index (χ0n) is 12.2. The number of aliphatic carboxylic acids is 1. The second kappa shape index (κ2) is 7.12. The molecule has 20 heavy (non-hydrogen) atoms. The van der Waals surface area contributed by atoms with Crippen molar-refractivity contribution in [1.29, 1.82) is 0 Å². The van der Waals surface area contributed by atoms with Gasteiger partial charge in [-0.1, -0.05) is 0 Å². The predicted molar refractivity (Wildman–Crippen MR) is 71.2 cm³/mol. The number of carboxylic acid groups (broad SMARTS) is 1. The molecule has 1 saturated carbocycles. The van der Waals surface area contributed by atoms with Gasteiger partial charge in [-0.05, 0) is 32.6 Å². The average molecular weight is 286 g/mol. The molecule has 0 atom stereocenters. The summed E-state index contributed by atoms with van der Waals surface area (Å²) < 4.78 is 4.57. The highest BCUT2D eigenvalue weighted by Crippen LogP contribution is 2.30. The van der Waals surface area contributed by atoms with Crippen molar-refractivity contribution in [3.63, 3.8) is 0 Å². The summed E-state index contributed by atoms with van der Waals surface area (Å²) >= 11 is 0. The lowest BCUT2D eigenvalue weighted by Gasteiger charge is -2.31. The Bertz CT molecular complexity index is 379. The van der Waals surface area contributed by atoms with Crippen molar-refractivity contribution in [3.05, 3.63) is 0 Å². The van der Waals surface area contributed by atoms with Gasteiger partial charge < -0.3 is 19.6 Å². The van der Waals surface area contributed by atoms with Crippen molar-refractivity contribution >= 4 is 18.0 Å². The number of amides is 2. The van der Waals surface area contributed by atoms with Crippen molar-refractivity contribution < 1.29 is 24.2 Å². The molecule has 1 aliphatic carbocycles. The van der Waals surface area contributed by atoms with Crippen molar-refractivity contribution in [1.82, 2.24) is 9.80 Å². The number of hydrogen-bond acceptors (Lipinski definition) is 4. The molecule has 0 bridgehead atoms. The third kappa shape index (κ3) is 5.07. The number of esters is 1. The van der Waals surface area contributed by atoms with Crippen LogP contribution in [0.2, 0.25) is 0 Å². The molecule has 0 aliphatic heterocycles. The second-order valence-electron chi connectivity index (χ2n) is 5.30.